The van der Waals surface area contributed by atoms with Crippen LogP contribution in [0.4, 0.5) is 0 Å². The number of hydrogen-bond acceptors (Lipinski definition) is 2. The van der Waals surface area contributed by atoms with E-state index in [4.69, 9.17) is 16.3 Å². The lowest BCUT2D eigenvalue weighted by Crippen LogP contribution is -2.08. The zero-order chi connectivity index (χ0) is 14.3. The molecule has 0 aromatic heterocycles. The molecule has 1 rings (SSSR count). The molecule has 2 atom stereocenters. The number of aliphatic hydroxyl groups excluding tert-OH is 1. The van der Waals surface area contributed by atoms with Crippen LogP contribution in [0.25, 0.3) is 0 Å². The Morgan fingerprint density at radius 3 is 2.63 bits per heavy atom. The Morgan fingerprint density at radius 2 is 2.05 bits per heavy atom. The topological polar surface area (TPSA) is 29.5 Å². The molecule has 0 bridgehead atoms. The molecule has 2 nitrogen and oxygen atoms in total. The second-order valence-electron chi connectivity index (χ2n) is 5.05. The molecule has 0 spiro atoms. The fraction of sp³-hybridized carbons (Fsp3) is 0.625. The Morgan fingerprint density at radius 1 is 1.32 bits per heavy atom. The van der Waals surface area contributed by atoms with E-state index in [2.05, 4.69) is 13.8 Å². The molecular weight excluding hydrogens is 260 g/mol. The van der Waals surface area contributed by atoms with Crippen molar-refractivity contribution in [2.75, 3.05) is 7.11 Å². The summed E-state index contributed by atoms with van der Waals surface area (Å²) in [5, 5.41) is 11.0. The van der Waals surface area contributed by atoms with Gasteiger partial charge in [-0.05, 0) is 24.5 Å². The zero-order valence-corrected chi connectivity index (χ0v) is 12.9. The molecule has 108 valence electrons. The average Bonchev–Trinajstić information content (AvgIpc) is 2.42. The summed E-state index contributed by atoms with van der Waals surface area (Å²) < 4.78 is 5.30. The van der Waals surface area contributed by atoms with E-state index in [-0.39, 0.29) is 0 Å². The first-order valence-corrected chi connectivity index (χ1v) is 7.51. The van der Waals surface area contributed by atoms with Crippen LogP contribution in [0.5, 0.6) is 5.75 Å². The largest absolute Gasteiger partial charge is 0.496 e. The summed E-state index contributed by atoms with van der Waals surface area (Å²) in [4.78, 5) is 0. The van der Waals surface area contributed by atoms with Gasteiger partial charge >= 0.3 is 0 Å². The van der Waals surface area contributed by atoms with Crippen LogP contribution >= 0.6 is 11.6 Å². The van der Waals surface area contributed by atoms with Gasteiger partial charge in [-0.15, -0.1) is 0 Å². The van der Waals surface area contributed by atoms with E-state index >= 15 is 0 Å². The van der Waals surface area contributed by atoms with Crippen molar-refractivity contribution in [1.29, 1.82) is 0 Å². The third-order valence-corrected chi connectivity index (χ3v) is 3.89. The third-order valence-electron chi connectivity index (χ3n) is 3.65. The molecule has 1 N–H and O–H groups in total. The van der Waals surface area contributed by atoms with Gasteiger partial charge in [0.25, 0.3) is 0 Å². The molecule has 0 aliphatic carbocycles. The lowest BCUT2D eigenvalue weighted by molar-refractivity contribution is 0.136. The monoisotopic (exact) mass is 284 g/mol. The average molecular weight is 285 g/mol. The van der Waals surface area contributed by atoms with Crippen LogP contribution in [-0.2, 0) is 0 Å². The van der Waals surface area contributed by atoms with Gasteiger partial charge in [-0.2, -0.15) is 0 Å². The summed E-state index contributed by atoms with van der Waals surface area (Å²) in [6.07, 6.45) is 5.02. The highest BCUT2D eigenvalue weighted by molar-refractivity contribution is 6.30. The van der Waals surface area contributed by atoms with Gasteiger partial charge in [-0.3, -0.25) is 0 Å². The summed E-state index contributed by atoms with van der Waals surface area (Å²) in [6.45, 7) is 4.39. The van der Waals surface area contributed by atoms with E-state index in [1.165, 1.54) is 19.3 Å². The van der Waals surface area contributed by atoms with E-state index in [0.717, 1.165) is 18.4 Å². The molecule has 1 aromatic carbocycles. The molecule has 2 unspecified atom stereocenters. The van der Waals surface area contributed by atoms with E-state index in [9.17, 15) is 5.11 Å². The summed E-state index contributed by atoms with van der Waals surface area (Å²) in [5.74, 6) is 1.24. The van der Waals surface area contributed by atoms with Crippen LogP contribution in [0, 0.1) is 5.92 Å². The third kappa shape index (κ3) is 5.04. The molecule has 0 saturated heterocycles. The van der Waals surface area contributed by atoms with Crippen LogP contribution < -0.4 is 4.74 Å². The summed E-state index contributed by atoms with van der Waals surface area (Å²) >= 11 is 5.94. The minimum Gasteiger partial charge on any atom is -0.496 e. The predicted octanol–water partition coefficient (Wildman–Crippen LogP) is 4.99. The summed E-state index contributed by atoms with van der Waals surface area (Å²) in [6, 6.07) is 5.42. The van der Waals surface area contributed by atoms with Crippen LogP contribution in [0.2, 0.25) is 5.02 Å². The lowest BCUT2D eigenvalue weighted by Gasteiger charge is -2.20. The maximum absolute atomic E-state index is 10.4. The quantitative estimate of drug-likeness (QED) is 0.729. The number of benzene rings is 1. The Bertz CT molecular complexity index is 379. The van der Waals surface area contributed by atoms with Crippen LogP contribution in [0.15, 0.2) is 18.2 Å². The highest BCUT2D eigenvalue weighted by Gasteiger charge is 2.18. The highest BCUT2D eigenvalue weighted by Crippen LogP contribution is 2.33. The molecule has 19 heavy (non-hydrogen) atoms. The number of rotatable bonds is 8. The van der Waals surface area contributed by atoms with Crippen molar-refractivity contribution in [3.05, 3.63) is 28.8 Å². The molecule has 0 saturated carbocycles. The van der Waals surface area contributed by atoms with Crippen molar-refractivity contribution in [2.24, 2.45) is 5.92 Å². The van der Waals surface area contributed by atoms with Crippen molar-refractivity contribution in [1.82, 2.24) is 0 Å². The smallest absolute Gasteiger partial charge is 0.126 e. The molecule has 0 aliphatic heterocycles. The van der Waals surface area contributed by atoms with Gasteiger partial charge in [0.15, 0.2) is 0 Å². The first-order valence-electron chi connectivity index (χ1n) is 7.13. The number of unbranched alkanes of at least 4 members (excludes halogenated alkanes) is 1. The number of ether oxygens (including phenoxy) is 1. The molecule has 1 aromatic rings. The van der Waals surface area contributed by atoms with Gasteiger partial charge in [0.2, 0.25) is 0 Å². The molecule has 0 aliphatic rings. The van der Waals surface area contributed by atoms with Gasteiger partial charge in [0.1, 0.15) is 5.75 Å². The standard InChI is InChI=1S/C16H25ClO2/c1-4-6-7-12(5-2)10-15(18)14-9-8-13(17)11-16(14)19-3/h8-9,11-12,15,18H,4-7,10H2,1-3H3. The normalized spacial score (nSPS) is 14.2. The first kappa shape index (κ1) is 16.3. The summed E-state index contributed by atoms with van der Waals surface area (Å²) in [7, 11) is 1.61. The highest BCUT2D eigenvalue weighted by atomic mass is 35.5. The Hall–Kier alpha value is -0.730. The second-order valence-corrected chi connectivity index (χ2v) is 5.49. The molecular formula is C16H25ClO2. The number of hydrogen-bond donors (Lipinski definition) is 1. The fourth-order valence-corrected chi connectivity index (χ4v) is 2.55. The second kappa shape index (κ2) is 8.44. The molecule has 3 heteroatoms. The van der Waals surface area contributed by atoms with Crippen LogP contribution in [0.1, 0.15) is 57.6 Å². The van der Waals surface area contributed by atoms with Crippen molar-refractivity contribution in [3.8, 4) is 5.75 Å². The molecule has 0 heterocycles. The van der Waals surface area contributed by atoms with Gasteiger partial charge in [-0.25, -0.2) is 0 Å². The Labute approximate surface area is 121 Å². The minimum absolute atomic E-state index is 0.478. The van der Waals surface area contributed by atoms with Gasteiger partial charge in [0.05, 0.1) is 13.2 Å². The van der Waals surface area contributed by atoms with Gasteiger partial charge in [0, 0.05) is 10.6 Å². The van der Waals surface area contributed by atoms with Gasteiger partial charge < -0.3 is 9.84 Å². The Kier molecular flexibility index (Phi) is 7.25. The number of methoxy groups -OCH3 is 1. The maximum atomic E-state index is 10.4. The van der Waals surface area contributed by atoms with Crippen molar-refractivity contribution < 1.29 is 9.84 Å². The van der Waals surface area contributed by atoms with E-state index in [0.29, 0.717) is 16.7 Å². The molecule has 0 amide bonds. The zero-order valence-electron chi connectivity index (χ0n) is 12.2. The van der Waals surface area contributed by atoms with Crippen LogP contribution in [0.3, 0.4) is 0 Å². The van der Waals surface area contributed by atoms with Gasteiger partial charge in [-0.1, -0.05) is 57.2 Å². The molecule has 0 radical (unpaired) electrons. The van der Waals surface area contributed by atoms with E-state index < -0.39 is 6.10 Å². The fourth-order valence-electron chi connectivity index (χ4n) is 2.38. The van der Waals surface area contributed by atoms with E-state index in [1.807, 2.05) is 6.07 Å². The Balaban J connectivity index is 2.73. The SMILES string of the molecule is CCCCC(CC)CC(O)c1ccc(Cl)cc1OC. The molecule has 0 fully saturated rings. The van der Waals surface area contributed by atoms with Crippen molar-refractivity contribution in [2.45, 2.75) is 52.1 Å². The number of halogens is 1. The number of aliphatic hydroxyl groups is 1. The van der Waals surface area contributed by atoms with Crippen molar-refractivity contribution in [3.63, 3.8) is 0 Å². The lowest BCUT2D eigenvalue weighted by atomic mass is 9.90. The van der Waals surface area contributed by atoms with Crippen LogP contribution in [-0.4, -0.2) is 12.2 Å². The minimum atomic E-state index is -0.478. The predicted molar refractivity (Wildman–Crippen MR) is 80.9 cm³/mol. The van der Waals surface area contributed by atoms with Crippen molar-refractivity contribution >= 4 is 11.6 Å². The first-order chi connectivity index (χ1) is 9.12. The van der Waals surface area contributed by atoms with E-state index in [1.54, 1.807) is 19.2 Å². The maximum Gasteiger partial charge on any atom is 0.126 e. The summed E-state index contributed by atoms with van der Waals surface area (Å²) in [5.41, 5.74) is 0.835.